The fraction of sp³-hybridized carbons (Fsp3) is 0.269. The molecule has 1 N–H and O–H groups in total. The second-order valence-corrected chi connectivity index (χ2v) is 10.3. The normalized spacial score (nSPS) is 11.9. The molecule has 0 aliphatic rings. The van der Waals surface area contributed by atoms with E-state index in [-0.39, 0.29) is 27.4 Å². The SMILES string of the molecule is COc1ccc([C@@H](C)NC(=O)CN(c2ccc(OC)c(Cl)c2)S(=O)(=O)c2cc(C)ccc2OC)cc1. The quantitative estimate of drug-likeness (QED) is 0.405. The third kappa shape index (κ3) is 6.03. The summed E-state index contributed by atoms with van der Waals surface area (Å²) in [6, 6.07) is 16.2. The van der Waals surface area contributed by atoms with E-state index in [9.17, 15) is 13.2 Å². The van der Waals surface area contributed by atoms with Crippen molar-refractivity contribution in [3.8, 4) is 17.2 Å². The summed E-state index contributed by atoms with van der Waals surface area (Å²) in [6.07, 6.45) is 0. The summed E-state index contributed by atoms with van der Waals surface area (Å²) in [5.74, 6) is 0.735. The lowest BCUT2D eigenvalue weighted by Gasteiger charge is -2.26. The van der Waals surface area contributed by atoms with Gasteiger partial charge in [0.15, 0.2) is 0 Å². The summed E-state index contributed by atoms with van der Waals surface area (Å²) in [5.41, 5.74) is 1.77. The molecule has 3 aromatic rings. The molecule has 3 rings (SSSR count). The van der Waals surface area contributed by atoms with Crippen LogP contribution in [0.2, 0.25) is 5.02 Å². The van der Waals surface area contributed by atoms with Crippen molar-refractivity contribution >= 4 is 33.2 Å². The molecule has 0 saturated carbocycles. The first-order valence-corrected chi connectivity index (χ1v) is 12.9. The fourth-order valence-corrected chi connectivity index (χ4v) is 5.53. The van der Waals surface area contributed by atoms with Crippen molar-refractivity contribution in [2.75, 3.05) is 32.2 Å². The average molecular weight is 533 g/mol. The van der Waals surface area contributed by atoms with E-state index in [0.717, 1.165) is 15.4 Å². The number of carbonyl (C=O) groups is 1. The Morgan fingerprint density at radius 3 is 2.17 bits per heavy atom. The monoisotopic (exact) mass is 532 g/mol. The zero-order valence-electron chi connectivity index (χ0n) is 20.7. The lowest BCUT2D eigenvalue weighted by atomic mass is 10.1. The van der Waals surface area contributed by atoms with Gasteiger partial charge in [-0.15, -0.1) is 0 Å². The van der Waals surface area contributed by atoms with E-state index in [1.807, 2.05) is 19.1 Å². The minimum Gasteiger partial charge on any atom is -0.497 e. The zero-order chi connectivity index (χ0) is 26.5. The number of amides is 1. The second-order valence-electron chi connectivity index (χ2n) is 8.05. The van der Waals surface area contributed by atoms with Crippen LogP contribution in [0.4, 0.5) is 5.69 Å². The zero-order valence-corrected chi connectivity index (χ0v) is 22.3. The predicted molar refractivity (Wildman–Crippen MR) is 140 cm³/mol. The van der Waals surface area contributed by atoms with Gasteiger partial charge in [-0.1, -0.05) is 29.8 Å². The molecule has 36 heavy (non-hydrogen) atoms. The molecule has 1 atom stereocenters. The summed E-state index contributed by atoms with van der Waals surface area (Å²) < 4.78 is 44.4. The molecule has 0 aliphatic heterocycles. The second kappa shape index (κ2) is 11.5. The number of nitrogens with zero attached hydrogens (tertiary/aromatic N) is 1. The number of halogens is 1. The number of benzene rings is 3. The van der Waals surface area contributed by atoms with Gasteiger partial charge in [-0.25, -0.2) is 8.42 Å². The lowest BCUT2D eigenvalue weighted by Crippen LogP contribution is -2.41. The van der Waals surface area contributed by atoms with Crippen LogP contribution in [-0.4, -0.2) is 42.2 Å². The van der Waals surface area contributed by atoms with Crippen molar-refractivity contribution in [3.05, 3.63) is 76.8 Å². The molecule has 0 unspecified atom stereocenters. The first kappa shape index (κ1) is 27.2. The Kier molecular flexibility index (Phi) is 8.70. The van der Waals surface area contributed by atoms with Gasteiger partial charge in [0.1, 0.15) is 28.7 Å². The third-order valence-corrected chi connectivity index (χ3v) is 7.68. The summed E-state index contributed by atoms with van der Waals surface area (Å²) in [5, 5.41) is 3.07. The van der Waals surface area contributed by atoms with Crippen LogP contribution in [0, 0.1) is 6.92 Å². The van der Waals surface area contributed by atoms with Gasteiger partial charge in [-0.3, -0.25) is 9.10 Å². The van der Waals surface area contributed by atoms with Crippen LogP contribution in [-0.2, 0) is 14.8 Å². The molecule has 0 saturated heterocycles. The number of anilines is 1. The standard InChI is InChI=1S/C26H29ClN2O6S/c1-17-6-12-24(35-5)25(14-17)36(31,32)29(20-9-13-23(34-4)22(27)15-20)16-26(30)28-18(2)19-7-10-21(33-3)11-8-19/h6-15,18H,16H2,1-5H3,(H,28,30)/t18-/m1/s1. The van der Waals surface area contributed by atoms with Gasteiger partial charge in [-0.05, 0) is 67.4 Å². The topological polar surface area (TPSA) is 94.2 Å². The molecule has 10 heteroatoms. The van der Waals surface area contributed by atoms with Gasteiger partial charge in [0, 0.05) is 0 Å². The molecule has 0 aromatic heterocycles. The van der Waals surface area contributed by atoms with Crippen molar-refractivity contribution in [2.24, 2.45) is 0 Å². The first-order valence-electron chi connectivity index (χ1n) is 11.0. The highest BCUT2D eigenvalue weighted by Crippen LogP contribution is 2.34. The van der Waals surface area contributed by atoms with Crippen LogP contribution in [0.25, 0.3) is 0 Å². The molecule has 0 heterocycles. The highest BCUT2D eigenvalue weighted by Gasteiger charge is 2.31. The van der Waals surface area contributed by atoms with E-state index in [1.54, 1.807) is 44.4 Å². The number of rotatable bonds is 10. The molecule has 1 amide bonds. The van der Waals surface area contributed by atoms with E-state index in [2.05, 4.69) is 5.32 Å². The van der Waals surface area contributed by atoms with E-state index in [4.69, 9.17) is 25.8 Å². The molecule has 0 aliphatic carbocycles. The van der Waals surface area contributed by atoms with Gasteiger partial charge in [0.25, 0.3) is 10.0 Å². The van der Waals surface area contributed by atoms with Gasteiger partial charge >= 0.3 is 0 Å². The van der Waals surface area contributed by atoms with Crippen molar-refractivity contribution in [2.45, 2.75) is 24.8 Å². The van der Waals surface area contributed by atoms with Gasteiger partial charge < -0.3 is 19.5 Å². The molecule has 0 fully saturated rings. The molecule has 0 bridgehead atoms. The maximum absolute atomic E-state index is 13.9. The van der Waals surface area contributed by atoms with Crippen LogP contribution in [0.15, 0.2) is 65.6 Å². The number of hydrogen-bond acceptors (Lipinski definition) is 6. The number of nitrogens with one attached hydrogen (secondary N) is 1. The predicted octanol–water partition coefficient (Wildman–Crippen LogP) is 4.75. The Hall–Kier alpha value is -3.43. The summed E-state index contributed by atoms with van der Waals surface area (Å²) >= 11 is 6.30. The smallest absolute Gasteiger partial charge is 0.268 e. The maximum atomic E-state index is 13.9. The Morgan fingerprint density at radius 1 is 0.944 bits per heavy atom. The van der Waals surface area contributed by atoms with E-state index in [1.165, 1.54) is 32.4 Å². The van der Waals surface area contributed by atoms with Crippen molar-refractivity contribution in [3.63, 3.8) is 0 Å². The Morgan fingerprint density at radius 2 is 1.58 bits per heavy atom. The van der Waals surface area contributed by atoms with Gasteiger partial charge in [0.2, 0.25) is 5.91 Å². The molecular formula is C26H29ClN2O6S. The van der Waals surface area contributed by atoms with Crippen LogP contribution in [0.1, 0.15) is 24.1 Å². The highest BCUT2D eigenvalue weighted by molar-refractivity contribution is 7.93. The molecular weight excluding hydrogens is 504 g/mol. The fourth-order valence-electron chi connectivity index (χ4n) is 3.62. The number of ether oxygens (including phenoxy) is 3. The number of hydrogen-bond donors (Lipinski definition) is 1. The van der Waals surface area contributed by atoms with Crippen LogP contribution < -0.4 is 23.8 Å². The van der Waals surface area contributed by atoms with Crippen LogP contribution >= 0.6 is 11.6 Å². The molecule has 0 spiro atoms. The molecule has 192 valence electrons. The van der Waals surface area contributed by atoms with Gasteiger partial charge in [-0.2, -0.15) is 0 Å². The lowest BCUT2D eigenvalue weighted by molar-refractivity contribution is -0.120. The Labute approximate surface area is 216 Å². The summed E-state index contributed by atoms with van der Waals surface area (Å²) in [4.78, 5) is 13.0. The van der Waals surface area contributed by atoms with E-state index < -0.39 is 22.5 Å². The molecule has 8 nitrogen and oxygen atoms in total. The molecule has 3 aromatic carbocycles. The Bertz CT molecular complexity index is 1330. The van der Waals surface area contributed by atoms with E-state index in [0.29, 0.717) is 11.5 Å². The minimum absolute atomic E-state index is 0.0621. The van der Waals surface area contributed by atoms with Crippen molar-refractivity contribution < 1.29 is 27.4 Å². The number of sulfonamides is 1. The third-order valence-electron chi connectivity index (χ3n) is 5.59. The summed E-state index contributed by atoms with van der Waals surface area (Å²) in [6.45, 7) is 3.10. The number of carbonyl (C=O) groups excluding carboxylic acids is 1. The highest BCUT2D eigenvalue weighted by atomic mass is 35.5. The van der Waals surface area contributed by atoms with E-state index >= 15 is 0 Å². The van der Waals surface area contributed by atoms with Gasteiger partial charge in [0.05, 0.1) is 38.1 Å². The average Bonchev–Trinajstić information content (AvgIpc) is 2.87. The van der Waals surface area contributed by atoms with Crippen molar-refractivity contribution in [1.29, 1.82) is 0 Å². The number of aryl methyl sites for hydroxylation is 1. The largest absolute Gasteiger partial charge is 0.497 e. The maximum Gasteiger partial charge on any atom is 0.268 e. The minimum atomic E-state index is -4.23. The molecule has 0 radical (unpaired) electrons. The Balaban J connectivity index is 1.98. The van der Waals surface area contributed by atoms with Crippen LogP contribution in [0.3, 0.4) is 0 Å². The summed E-state index contributed by atoms with van der Waals surface area (Å²) in [7, 11) is 0.194. The first-order chi connectivity index (χ1) is 17.1. The van der Waals surface area contributed by atoms with Crippen LogP contribution in [0.5, 0.6) is 17.2 Å². The van der Waals surface area contributed by atoms with Crippen molar-refractivity contribution in [1.82, 2.24) is 5.32 Å². The number of methoxy groups -OCH3 is 3.